The number of anilines is 2. The van der Waals surface area contributed by atoms with Crippen LogP contribution in [0.1, 0.15) is 0 Å². The van der Waals surface area contributed by atoms with Gasteiger partial charge in [-0.05, 0) is 36.4 Å². The Kier molecular flexibility index (Phi) is 5.00. The fraction of sp³-hybridized carbons (Fsp3) is 0.263. The Labute approximate surface area is 146 Å². The molecule has 130 valence electrons. The average Bonchev–Trinajstić information content (AvgIpc) is 2.63. The number of aromatic nitrogens is 2. The van der Waals surface area contributed by atoms with Crippen molar-refractivity contribution >= 4 is 22.3 Å². The maximum atomic E-state index is 12.4. The van der Waals surface area contributed by atoms with Crippen LogP contribution in [0.2, 0.25) is 0 Å². The molecule has 25 heavy (non-hydrogen) atoms. The third-order valence-corrected chi connectivity index (χ3v) is 4.06. The minimum absolute atomic E-state index is 0.139. The summed E-state index contributed by atoms with van der Waals surface area (Å²) in [6.45, 7) is 0.542. The molecule has 2 aromatic carbocycles. The topological polar surface area (TPSA) is 70.4 Å². The molecule has 0 aliphatic carbocycles. The Morgan fingerprint density at radius 1 is 1.16 bits per heavy atom. The molecule has 2 N–H and O–H groups in total. The number of benzene rings is 2. The number of para-hydroxylation sites is 1. The first kappa shape index (κ1) is 17.0. The van der Waals surface area contributed by atoms with Crippen LogP contribution in [0, 0.1) is 0 Å². The summed E-state index contributed by atoms with van der Waals surface area (Å²) in [7, 11) is 3.98. The van der Waals surface area contributed by atoms with Gasteiger partial charge in [0, 0.05) is 32.0 Å². The van der Waals surface area contributed by atoms with Gasteiger partial charge in [-0.25, -0.2) is 4.98 Å². The van der Waals surface area contributed by atoms with Gasteiger partial charge in [-0.3, -0.25) is 9.36 Å². The summed E-state index contributed by atoms with van der Waals surface area (Å²) in [4.78, 5) is 18.7. The maximum absolute atomic E-state index is 12.4. The van der Waals surface area contributed by atoms with Gasteiger partial charge in [-0.15, -0.1) is 0 Å². The van der Waals surface area contributed by atoms with Crippen LogP contribution >= 0.6 is 0 Å². The molecule has 0 fully saturated rings. The van der Waals surface area contributed by atoms with Gasteiger partial charge in [0.15, 0.2) is 0 Å². The van der Waals surface area contributed by atoms with Gasteiger partial charge in [0.05, 0.1) is 29.9 Å². The standard InChI is InChI=1S/C19H22N4O2/c1-22(2)15-9-7-14(8-10-15)20-11-16(24)12-23-13-21-18-6-4-3-5-17(18)19(23)25/h3-10,13,16,20,24H,11-12H2,1-2H3. The van der Waals surface area contributed by atoms with E-state index in [0.717, 1.165) is 11.4 Å². The molecule has 1 heterocycles. The summed E-state index contributed by atoms with van der Waals surface area (Å²) in [5.74, 6) is 0. The molecular weight excluding hydrogens is 316 g/mol. The lowest BCUT2D eigenvalue weighted by molar-refractivity contribution is 0.165. The first-order valence-electron chi connectivity index (χ1n) is 8.18. The number of aliphatic hydroxyl groups is 1. The Morgan fingerprint density at radius 2 is 1.88 bits per heavy atom. The van der Waals surface area contributed by atoms with Crippen molar-refractivity contribution in [3.63, 3.8) is 0 Å². The molecule has 0 aliphatic rings. The second-order valence-corrected chi connectivity index (χ2v) is 6.20. The van der Waals surface area contributed by atoms with Crippen molar-refractivity contribution in [3.8, 4) is 0 Å². The molecule has 1 unspecified atom stereocenters. The fourth-order valence-electron chi connectivity index (χ4n) is 2.64. The molecular formula is C19H22N4O2. The Morgan fingerprint density at radius 3 is 2.60 bits per heavy atom. The monoisotopic (exact) mass is 338 g/mol. The number of fused-ring (bicyclic) bond motifs is 1. The van der Waals surface area contributed by atoms with E-state index in [2.05, 4.69) is 10.3 Å². The Hall–Kier alpha value is -2.86. The van der Waals surface area contributed by atoms with Gasteiger partial charge in [-0.1, -0.05) is 12.1 Å². The molecule has 0 bridgehead atoms. The maximum Gasteiger partial charge on any atom is 0.261 e. The van der Waals surface area contributed by atoms with Crippen molar-refractivity contribution < 1.29 is 5.11 Å². The molecule has 6 heteroatoms. The molecule has 3 aromatic rings. The highest BCUT2D eigenvalue weighted by Crippen LogP contribution is 2.15. The highest BCUT2D eigenvalue weighted by molar-refractivity contribution is 5.76. The zero-order chi connectivity index (χ0) is 17.8. The van der Waals surface area contributed by atoms with Gasteiger partial charge in [0.25, 0.3) is 5.56 Å². The van der Waals surface area contributed by atoms with Crippen molar-refractivity contribution in [3.05, 3.63) is 65.2 Å². The second kappa shape index (κ2) is 7.36. The summed E-state index contributed by atoms with van der Waals surface area (Å²) in [5.41, 5.74) is 2.56. The van der Waals surface area contributed by atoms with Crippen molar-refractivity contribution in [2.45, 2.75) is 12.6 Å². The fourth-order valence-corrected chi connectivity index (χ4v) is 2.64. The number of hydrogen-bond donors (Lipinski definition) is 2. The smallest absolute Gasteiger partial charge is 0.261 e. The van der Waals surface area contributed by atoms with Crippen LogP contribution in [0.15, 0.2) is 59.7 Å². The number of aliphatic hydroxyl groups excluding tert-OH is 1. The van der Waals surface area contributed by atoms with Crippen LogP contribution in [-0.2, 0) is 6.54 Å². The van der Waals surface area contributed by atoms with Gasteiger partial charge in [0.1, 0.15) is 0 Å². The number of nitrogens with zero attached hydrogens (tertiary/aromatic N) is 3. The largest absolute Gasteiger partial charge is 0.389 e. The molecule has 0 saturated carbocycles. The van der Waals surface area contributed by atoms with E-state index in [9.17, 15) is 9.90 Å². The zero-order valence-corrected chi connectivity index (χ0v) is 14.4. The minimum Gasteiger partial charge on any atom is -0.389 e. The number of nitrogens with one attached hydrogen (secondary N) is 1. The van der Waals surface area contributed by atoms with E-state index in [0.29, 0.717) is 17.4 Å². The molecule has 0 saturated heterocycles. The molecule has 6 nitrogen and oxygen atoms in total. The molecule has 1 atom stereocenters. The summed E-state index contributed by atoms with van der Waals surface area (Å²) < 4.78 is 1.45. The van der Waals surface area contributed by atoms with Crippen molar-refractivity contribution in [1.82, 2.24) is 9.55 Å². The van der Waals surface area contributed by atoms with E-state index >= 15 is 0 Å². The van der Waals surface area contributed by atoms with Crippen LogP contribution in [0.4, 0.5) is 11.4 Å². The lowest BCUT2D eigenvalue weighted by Crippen LogP contribution is -2.31. The highest BCUT2D eigenvalue weighted by atomic mass is 16.3. The van der Waals surface area contributed by atoms with E-state index in [-0.39, 0.29) is 12.1 Å². The summed E-state index contributed by atoms with van der Waals surface area (Å²) in [6, 6.07) is 15.1. The van der Waals surface area contributed by atoms with E-state index in [1.165, 1.54) is 10.9 Å². The van der Waals surface area contributed by atoms with Gasteiger partial charge >= 0.3 is 0 Å². The van der Waals surface area contributed by atoms with Crippen LogP contribution in [-0.4, -0.2) is 41.4 Å². The first-order chi connectivity index (χ1) is 12.0. The molecule has 1 aromatic heterocycles. The Balaban J connectivity index is 1.63. The van der Waals surface area contributed by atoms with Crippen LogP contribution in [0.5, 0.6) is 0 Å². The van der Waals surface area contributed by atoms with E-state index < -0.39 is 6.10 Å². The molecule has 0 aliphatic heterocycles. The third-order valence-electron chi connectivity index (χ3n) is 4.06. The summed E-state index contributed by atoms with van der Waals surface area (Å²) >= 11 is 0. The second-order valence-electron chi connectivity index (χ2n) is 6.20. The summed E-state index contributed by atoms with van der Waals surface area (Å²) in [6.07, 6.45) is 0.786. The number of rotatable bonds is 6. The molecule has 3 rings (SSSR count). The predicted octanol–water partition coefficient (Wildman–Crippen LogP) is 1.94. The lowest BCUT2D eigenvalue weighted by atomic mass is 10.2. The van der Waals surface area contributed by atoms with Crippen LogP contribution in [0.3, 0.4) is 0 Å². The van der Waals surface area contributed by atoms with Gasteiger partial charge < -0.3 is 15.3 Å². The lowest BCUT2D eigenvalue weighted by Gasteiger charge is -2.16. The van der Waals surface area contributed by atoms with Crippen LogP contribution in [0.25, 0.3) is 10.9 Å². The number of hydrogen-bond acceptors (Lipinski definition) is 5. The third kappa shape index (κ3) is 3.97. The summed E-state index contributed by atoms with van der Waals surface area (Å²) in [5, 5.41) is 14.0. The van der Waals surface area contributed by atoms with Crippen molar-refractivity contribution in [2.24, 2.45) is 0 Å². The highest BCUT2D eigenvalue weighted by Gasteiger charge is 2.09. The van der Waals surface area contributed by atoms with E-state index in [1.54, 1.807) is 12.1 Å². The van der Waals surface area contributed by atoms with Crippen molar-refractivity contribution in [2.75, 3.05) is 30.9 Å². The van der Waals surface area contributed by atoms with E-state index in [4.69, 9.17) is 0 Å². The van der Waals surface area contributed by atoms with Crippen LogP contribution < -0.4 is 15.8 Å². The molecule has 0 spiro atoms. The minimum atomic E-state index is -0.700. The van der Waals surface area contributed by atoms with Crippen molar-refractivity contribution in [1.29, 1.82) is 0 Å². The predicted molar refractivity (Wildman–Crippen MR) is 101 cm³/mol. The first-order valence-corrected chi connectivity index (χ1v) is 8.18. The molecule has 0 radical (unpaired) electrons. The quantitative estimate of drug-likeness (QED) is 0.719. The average molecular weight is 338 g/mol. The zero-order valence-electron chi connectivity index (χ0n) is 14.4. The van der Waals surface area contributed by atoms with Gasteiger partial charge in [-0.2, -0.15) is 0 Å². The SMILES string of the molecule is CN(C)c1ccc(NCC(O)Cn2cnc3ccccc3c2=O)cc1. The Bertz CT molecular complexity index is 903. The van der Waals surface area contributed by atoms with E-state index in [1.807, 2.05) is 55.4 Å². The molecule has 0 amide bonds. The van der Waals surface area contributed by atoms with Gasteiger partial charge in [0.2, 0.25) is 0 Å². The normalized spacial score (nSPS) is 12.1.